The Labute approximate surface area is 170 Å². The van der Waals surface area contributed by atoms with Crippen molar-refractivity contribution in [2.75, 3.05) is 6.61 Å². The van der Waals surface area contributed by atoms with E-state index in [4.69, 9.17) is 9.84 Å². The first kappa shape index (κ1) is 19.8. The van der Waals surface area contributed by atoms with Crippen molar-refractivity contribution < 1.29 is 19.4 Å². The molecule has 2 amide bonds. The average molecular weight is 450 g/mol. The molecule has 0 aromatic heterocycles. The summed E-state index contributed by atoms with van der Waals surface area (Å²) in [5.74, 6) is 0.714. The van der Waals surface area contributed by atoms with E-state index in [1.54, 1.807) is 0 Å². The molecule has 1 aliphatic heterocycles. The van der Waals surface area contributed by atoms with Gasteiger partial charge in [0.15, 0.2) is 0 Å². The van der Waals surface area contributed by atoms with Crippen LogP contribution in [0.4, 0.5) is 4.79 Å². The van der Waals surface area contributed by atoms with Crippen molar-refractivity contribution in [1.29, 1.82) is 0 Å². The lowest BCUT2D eigenvalue weighted by Gasteiger charge is -2.16. The Hall–Kier alpha value is -1.99. The van der Waals surface area contributed by atoms with Crippen molar-refractivity contribution in [3.8, 4) is 5.75 Å². The number of unbranched alkanes of at least 4 members (excludes halogenated alkanes) is 1. The summed E-state index contributed by atoms with van der Waals surface area (Å²) in [5, 5.41) is 12.7. The highest BCUT2D eigenvalue weighted by Gasteiger charge is 2.32. The van der Waals surface area contributed by atoms with Gasteiger partial charge in [-0.2, -0.15) is 0 Å². The summed E-state index contributed by atoms with van der Waals surface area (Å²) in [6.45, 7) is 4.02. The summed E-state index contributed by atoms with van der Waals surface area (Å²) in [5.41, 5.74) is 0.990. The van der Waals surface area contributed by atoms with Gasteiger partial charge in [0, 0.05) is 11.8 Å². The highest BCUT2D eigenvalue weighted by atomic mass is 79.9. The number of imide groups is 1. The van der Waals surface area contributed by atoms with Gasteiger partial charge in [-0.05, 0) is 52.2 Å². The molecule has 0 bridgehead atoms. The summed E-state index contributed by atoms with van der Waals surface area (Å²) < 4.78 is 6.82. The lowest BCUT2D eigenvalue weighted by molar-refractivity contribution is -0.118. The minimum absolute atomic E-state index is 0.193. The van der Waals surface area contributed by atoms with Crippen molar-refractivity contribution in [2.45, 2.75) is 30.9 Å². The van der Waals surface area contributed by atoms with E-state index in [0.717, 1.165) is 51.2 Å². The van der Waals surface area contributed by atoms with Gasteiger partial charge in [-0.3, -0.25) is 14.9 Å². The molecule has 1 fully saturated rings. The molecule has 0 saturated carbocycles. The van der Waals surface area contributed by atoms with E-state index in [-0.39, 0.29) is 16.9 Å². The van der Waals surface area contributed by atoms with Crippen molar-refractivity contribution in [3.05, 3.63) is 52.7 Å². The van der Waals surface area contributed by atoms with Crippen molar-refractivity contribution >= 4 is 49.6 Å². The van der Waals surface area contributed by atoms with Crippen LogP contribution in [0.5, 0.6) is 5.75 Å². The van der Waals surface area contributed by atoms with Crippen LogP contribution < -0.4 is 10.1 Å². The smallest absolute Gasteiger partial charge is 0.286 e. The fourth-order valence-electron chi connectivity index (χ4n) is 3.03. The first-order chi connectivity index (χ1) is 13.0. The van der Waals surface area contributed by atoms with E-state index in [1.165, 1.54) is 0 Å². The molecule has 27 heavy (non-hydrogen) atoms. The summed E-state index contributed by atoms with van der Waals surface area (Å²) in [4.78, 5) is 23.3. The molecule has 1 aliphatic rings. The minimum Gasteiger partial charge on any atom is -0.513 e. The molecular formula is C20H20BrNO4S. The van der Waals surface area contributed by atoms with Crippen LogP contribution in [0.3, 0.4) is 0 Å². The number of benzene rings is 2. The third-order valence-electron chi connectivity index (χ3n) is 4.31. The number of aliphatic hydroxyl groups is 1. The molecule has 0 radical (unpaired) electrons. The second-order valence-electron chi connectivity index (χ2n) is 6.35. The van der Waals surface area contributed by atoms with Gasteiger partial charge in [0.2, 0.25) is 5.91 Å². The van der Waals surface area contributed by atoms with Crippen LogP contribution >= 0.6 is 27.7 Å². The van der Waals surface area contributed by atoms with E-state index in [1.807, 2.05) is 30.3 Å². The second kappa shape index (κ2) is 8.80. The standard InChI is InChI=1S/C20H20BrNO4S/c1-12(23)6-4-5-9-26-18-15-8-3-2-7-14(15)13(10-16(18)21)11-17-19(24)22-20(25)27-17/h2-3,7-8,10,17,23H,1,4-6,9,11H2,(H,22,24,25). The normalized spacial score (nSPS) is 16.6. The molecule has 2 aromatic carbocycles. The van der Waals surface area contributed by atoms with Crippen LogP contribution in [0, 0.1) is 0 Å². The zero-order chi connectivity index (χ0) is 19.4. The summed E-state index contributed by atoms with van der Waals surface area (Å²) in [6, 6.07) is 9.84. The Morgan fingerprint density at radius 1 is 1.26 bits per heavy atom. The zero-order valence-corrected chi connectivity index (χ0v) is 17.1. The molecular weight excluding hydrogens is 430 g/mol. The molecule has 3 rings (SSSR count). The summed E-state index contributed by atoms with van der Waals surface area (Å²) in [7, 11) is 0. The van der Waals surface area contributed by atoms with Crippen LogP contribution in [0.1, 0.15) is 24.8 Å². The Balaban J connectivity index is 1.80. The van der Waals surface area contributed by atoms with Crippen molar-refractivity contribution in [3.63, 3.8) is 0 Å². The van der Waals surface area contributed by atoms with E-state index in [0.29, 0.717) is 19.4 Å². The third kappa shape index (κ3) is 4.84. The van der Waals surface area contributed by atoms with E-state index in [9.17, 15) is 9.59 Å². The largest absolute Gasteiger partial charge is 0.513 e. The minimum atomic E-state index is -0.411. The molecule has 0 spiro atoms. The first-order valence-corrected chi connectivity index (χ1v) is 10.3. The molecule has 1 saturated heterocycles. The number of aliphatic hydroxyl groups excluding tert-OH is 1. The number of ether oxygens (including phenoxy) is 1. The van der Waals surface area contributed by atoms with Gasteiger partial charge < -0.3 is 9.84 Å². The number of fused-ring (bicyclic) bond motifs is 1. The number of hydrogen-bond acceptors (Lipinski definition) is 5. The number of hydrogen-bond donors (Lipinski definition) is 2. The van der Waals surface area contributed by atoms with Gasteiger partial charge >= 0.3 is 0 Å². The number of amides is 2. The Kier molecular flexibility index (Phi) is 6.44. The van der Waals surface area contributed by atoms with Gasteiger partial charge in [-0.15, -0.1) is 0 Å². The van der Waals surface area contributed by atoms with Crippen molar-refractivity contribution in [1.82, 2.24) is 5.32 Å². The van der Waals surface area contributed by atoms with Crippen LogP contribution in [0.2, 0.25) is 0 Å². The van der Waals surface area contributed by atoms with Gasteiger partial charge in [-0.25, -0.2) is 0 Å². The van der Waals surface area contributed by atoms with Crippen LogP contribution in [-0.2, 0) is 11.2 Å². The van der Waals surface area contributed by atoms with Crippen LogP contribution in [0.15, 0.2) is 47.1 Å². The Morgan fingerprint density at radius 3 is 2.67 bits per heavy atom. The number of thioether (sulfide) groups is 1. The molecule has 7 heteroatoms. The molecule has 1 atom stereocenters. The van der Waals surface area contributed by atoms with E-state index >= 15 is 0 Å². The predicted octanol–water partition coefficient (Wildman–Crippen LogP) is 5.12. The SMILES string of the molecule is C=C(O)CCCCOc1c(Br)cc(CC2SC(=O)NC2=O)c2ccccc12. The van der Waals surface area contributed by atoms with E-state index in [2.05, 4.69) is 27.8 Å². The van der Waals surface area contributed by atoms with Gasteiger partial charge in [0.25, 0.3) is 5.24 Å². The monoisotopic (exact) mass is 449 g/mol. The number of carbonyl (C=O) groups excluding carboxylic acids is 2. The highest BCUT2D eigenvalue weighted by molar-refractivity contribution is 9.10. The fourth-order valence-corrected chi connectivity index (χ4v) is 4.49. The topological polar surface area (TPSA) is 75.6 Å². The maximum atomic E-state index is 11.9. The van der Waals surface area contributed by atoms with E-state index < -0.39 is 5.25 Å². The average Bonchev–Trinajstić information content (AvgIpc) is 2.94. The number of allylic oxidation sites excluding steroid dienone is 1. The fraction of sp³-hybridized carbons (Fsp3) is 0.300. The number of nitrogens with one attached hydrogen (secondary N) is 1. The number of carbonyl (C=O) groups is 2. The second-order valence-corrected chi connectivity index (χ2v) is 8.38. The van der Waals surface area contributed by atoms with Gasteiger partial charge in [-0.1, -0.05) is 42.6 Å². The molecule has 0 aliphatic carbocycles. The third-order valence-corrected chi connectivity index (χ3v) is 5.88. The molecule has 1 heterocycles. The molecule has 5 nitrogen and oxygen atoms in total. The van der Waals surface area contributed by atoms with Crippen LogP contribution in [0.25, 0.3) is 10.8 Å². The van der Waals surface area contributed by atoms with Crippen molar-refractivity contribution in [2.24, 2.45) is 0 Å². The zero-order valence-electron chi connectivity index (χ0n) is 14.7. The molecule has 2 aromatic rings. The maximum absolute atomic E-state index is 11.9. The van der Waals surface area contributed by atoms with Gasteiger partial charge in [0.1, 0.15) is 5.75 Å². The van der Waals surface area contributed by atoms with Gasteiger partial charge in [0.05, 0.1) is 22.1 Å². The quantitative estimate of drug-likeness (QED) is 0.432. The molecule has 1 unspecified atom stereocenters. The molecule has 142 valence electrons. The highest BCUT2D eigenvalue weighted by Crippen LogP contribution is 2.38. The van der Waals surface area contributed by atoms with Crippen LogP contribution in [-0.4, -0.2) is 28.1 Å². The Morgan fingerprint density at radius 2 is 2.00 bits per heavy atom. The maximum Gasteiger partial charge on any atom is 0.286 e. The Bertz CT molecular complexity index is 899. The summed E-state index contributed by atoms with van der Waals surface area (Å²) >= 11 is 4.62. The number of rotatable bonds is 8. The molecule has 2 N–H and O–H groups in total. The lowest BCUT2D eigenvalue weighted by Crippen LogP contribution is -2.25. The number of halogens is 1. The summed E-state index contributed by atoms with van der Waals surface area (Å²) in [6.07, 6.45) is 2.67. The first-order valence-electron chi connectivity index (χ1n) is 8.67. The predicted molar refractivity (Wildman–Crippen MR) is 111 cm³/mol. The lowest BCUT2D eigenvalue weighted by atomic mass is 9.99.